The first kappa shape index (κ1) is 22.5. The summed E-state index contributed by atoms with van der Waals surface area (Å²) in [6, 6.07) is 21.4. The van der Waals surface area contributed by atoms with E-state index in [0.29, 0.717) is 6.54 Å². The Kier molecular flexibility index (Phi) is 7.07. The van der Waals surface area contributed by atoms with Crippen LogP contribution in [0.25, 0.3) is 0 Å². The fraction of sp³-hybridized carbons (Fsp3) is 0.208. The van der Waals surface area contributed by atoms with Gasteiger partial charge in [0.1, 0.15) is 12.4 Å². The minimum absolute atomic E-state index is 0.00759. The Morgan fingerprint density at radius 2 is 1.58 bits per heavy atom. The monoisotopic (exact) mass is 440 g/mol. The molecule has 0 saturated heterocycles. The van der Waals surface area contributed by atoms with Crippen LogP contribution in [0.5, 0.6) is 0 Å². The minimum atomic E-state index is -4.15. The third-order valence-electron chi connectivity index (χ3n) is 4.99. The van der Waals surface area contributed by atoms with Crippen molar-refractivity contribution in [3.63, 3.8) is 0 Å². The SMILES string of the molecule is Cc1ccc(S(=O)(=O)N(CC(=O)NC[C@@H](C)c2ccccc2)c2ccccc2F)cc1. The number of sulfonamides is 1. The van der Waals surface area contributed by atoms with Crippen LogP contribution in [0.3, 0.4) is 0 Å². The van der Waals surface area contributed by atoms with Gasteiger partial charge in [-0.3, -0.25) is 9.10 Å². The lowest BCUT2D eigenvalue weighted by Gasteiger charge is -2.25. The number of nitrogens with one attached hydrogen (secondary N) is 1. The lowest BCUT2D eigenvalue weighted by atomic mass is 10.0. The van der Waals surface area contributed by atoms with E-state index in [4.69, 9.17) is 0 Å². The summed E-state index contributed by atoms with van der Waals surface area (Å²) in [7, 11) is -4.15. The molecule has 0 aliphatic carbocycles. The highest BCUT2D eigenvalue weighted by atomic mass is 32.2. The van der Waals surface area contributed by atoms with Gasteiger partial charge in [0.2, 0.25) is 5.91 Å². The van der Waals surface area contributed by atoms with Crippen molar-refractivity contribution in [3.8, 4) is 0 Å². The average molecular weight is 441 g/mol. The van der Waals surface area contributed by atoms with Crippen molar-refractivity contribution >= 4 is 21.6 Å². The number of benzene rings is 3. The Morgan fingerprint density at radius 3 is 2.23 bits per heavy atom. The number of aryl methyl sites for hydroxylation is 1. The Bertz CT molecular complexity index is 1130. The largest absolute Gasteiger partial charge is 0.354 e. The summed E-state index contributed by atoms with van der Waals surface area (Å²) in [6.07, 6.45) is 0. The molecule has 1 N–H and O–H groups in total. The van der Waals surface area contributed by atoms with Crippen LogP contribution >= 0.6 is 0 Å². The number of halogens is 1. The van der Waals surface area contributed by atoms with Crippen molar-refractivity contribution in [2.75, 3.05) is 17.4 Å². The molecule has 1 amide bonds. The van der Waals surface area contributed by atoms with E-state index in [1.807, 2.05) is 44.2 Å². The van der Waals surface area contributed by atoms with Crippen LogP contribution < -0.4 is 9.62 Å². The number of carbonyl (C=O) groups excluding carboxylic acids is 1. The van der Waals surface area contributed by atoms with E-state index in [1.54, 1.807) is 12.1 Å². The maximum absolute atomic E-state index is 14.5. The van der Waals surface area contributed by atoms with Crippen molar-refractivity contribution in [1.82, 2.24) is 5.32 Å². The van der Waals surface area contributed by atoms with Gasteiger partial charge in [0.15, 0.2) is 0 Å². The quantitative estimate of drug-likeness (QED) is 0.570. The van der Waals surface area contributed by atoms with Crippen molar-refractivity contribution < 1.29 is 17.6 Å². The summed E-state index contributed by atoms with van der Waals surface area (Å²) in [5, 5.41) is 2.77. The van der Waals surface area contributed by atoms with E-state index in [0.717, 1.165) is 15.4 Å². The van der Waals surface area contributed by atoms with Gasteiger partial charge in [-0.15, -0.1) is 0 Å². The summed E-state index contributed by atoms with van der Waals surface area (Å²) in [5.41, 5.74) is 1.78. The van der Waals surface area contributed by atoms with Crippen LogP contribution in [0.1, 0.15) is 24.0 Å². The van der Waals surface area contributed by atoms with Crippen LogP contribution in [0.4, 0.5) is 10.1 Å². The zero-order valence-corrected chi connectivity index (χ0v) is 18.3. The van der Waals surface area contributed by atoms with E-state index < -0.39 is 28.3 Å². The predicted molar refractivity (Wildman–Crippen MR) is 120 cm³/mol. The molecule has 162 valence electrons. The Hall–Kier alpha value is -3.19. The highest BCUT2D eigenvalue weighted by Crippen LogP contribution is 2.26. The lowest BCUT2D eigenvalue weighted by molar-refractivity contribution is -0.119. The first-order valence-electron chi connectivity index (χ1n) is 9.94. The van der Waals surface area contributed by atoms with Gasteiger partial charge in [-0.2, -0.15) is 0 Å². The third kappa shape index (κ3) is 5.49. The highest BCUT2D eigenvalue weighted by molar-refractivity contribution is 7.92. The van der Waals surface area contributed by atoms with Crippen LogP contribution in [0.15, 0.2) is 83.8 Å². The second-order valence-electron chi connectivity index (χ2n) is 7.39. The van der Waals surface area contributed by atoms with Gasteiger partial charge < -0.3 is 5.32 Å². The molecule has 0 saturated carbocycles. The standard InChI is InChI=1S/C24H25FN2O3S/c1-18-12-14-21(15-13-18)31(29,30)27(23-11-7-6-10-22(23)25)17-24(28)26-16-19(2)20-8-4-3-5-9-20/h3-15,19H,16-17H2,1-2H3,(H,26,28)/t19-/m1/s1. The molecule has 0 aliphatic rings. The van der Waals surface area contributed by atoms with Crippen molar-refractivity contribution in [3.05, 3.63) is 95.8 Å². The van der Waals surface area contributed by atoms with E-state index in [-0.39, 0.29) is 16.5 Å². The first-order chi connectivity index (χ1) is 14.8. The van der Waals surface area contributed by atoms with Gasteiger partial charge >= 0.3 is 0 Å². The van der Waals surface area contributed by atoms with Crippen LogP contribution in [-0.4, -0.2) is 27.4 Å². The Balaban J connectivity index is 1.83. The zero-order valence-electron chi connectivity index (χ0n) is 17.5. The molecule has 0 bridgehead atoms. The van der Waals surface area contributed by atoms with Gasteiger partial charge in [0.25, 0.3) is 10.0 Å². The smallest absolute Gasteiger partial charge is 0.264 e. The maximum Gasteiger partial charge on any atom is 0.264 e. The van der Waals surface area contributed by atoms with E-state index in [1.165, 1.54) is 36.4 Å². The van der Waals surface area contributed by atoms with Crippen LogP contribution in [-0.2, 0) is 14.8 Å². The molecule has 0 heterocycles. The van der Waals surface area contributed by atoms with Gasteiger partial charge in [0, 0.05) is 6.54 Å². The number of hydrogen-bond acceptors (Lipinski definition) is 3. The van der Waals surface area contributed by atoms with Crippen molar-refractivity contribution in [2.45, 2.75) is 24.7 Å². The number of rotatable bonds is 8. The summed E-state index contributed by atoms with van der Waals surface area (Å²) < 4.78 is 41.9. The van der Waals surface area contributed by atoms with E-state index in [2.05, 4.69) is 5.32 Å². The van der Waals surface area contributed by atoms with E-state index in [9.17, 15) is 17.6 Å². The summed E-state index contributed by atoms with van der Waals surface area (Å²) in [6.45, 7) is 3.61. The normalized spacial score (nSPS) is 12.2. The molecular weight excluding hydrogens is 415 g/mol. The molecule has 7 heteroatoms. The topological polar surface area (TPSA) is 66.5 Å². The fourth-order valence-corrected chi connectivity index (χ4v) is 4.57. The number of anilines is 1. The molecule has 0 aromatic heterocycles. The molecule has 1 atom stereocenters. The predicted octanol–water partition coefficient (Wildman–Crippen LogP) is 4.25. The molecule has 0 spiro atoms. The van der Waals surface area contributed by atoms with Gasteiger partial charge in [-0.25, -0.2) is 12.8 Å². The summed E-state index contributed by atoms with van der Waals surface area (Å²) >= 11 is 0. The van der Waals surface area contributed by atoms with Crippen LogP contribution in [0, 0.1) is 12.7 Å². The molecule has 3 aromatic rings. The summed E-state index contributed by atoms with van der Waals surface area (Å²) in [4.78, 5) is 12.7. The molecule has 0 fully saturated rings. The number of carbonyl (C=O) groups is 1. The average Bonchev–Trinajstić information content (AvgIpc) is 2.77. The third-order valence-corrected chi connectivity index (χ3v) is 6.77. The zero-order chi connectivity index (χ0) is 22.4. The fourth-order valence-electron chi connectivity index (χ4n) is 3.14. The van der Waals surface area contributed by atoms with Crippen molar-refractivity contribution in [2.24, 2.45) is 0 Å². The number of hydrogen-bond donors (Lipinski definition) is 1. The van der Waals surface area contributed by atoms with Gasteiger partial charge in [-0.05, 0) is 42.7 Å². The highest BCUT2D eigenvalue weighted by Gasteiger charge is 2.29. The molecule has 3 aromatic carbocycles. The molecule has 0 aliphatic heterocycles. The summed E-state index contributed by atoms with van der Waals surface area (Å²) in [5.74, 6) is -1.19. The van der Waals surface area contributed by atoms with E-state index >= 15 is 0 Å². The molecule has 5 nitrogen and oxygen atoms in total. The van der Waals surface area contributed by atoms with Gasteiger partial charge in [0.05, 0.1) is 10.6 Å². The second-order valence-corrected chi connectivity index (χ2v) is 9.25. The maximum atomic E-state index is 14.5. The molecule has 0 radical (unpaired) electrons. The Labute approximate surface area is 182 Å². The number of para-hydroxylation sites is 1. The molecule has 3 rings (SSSR count). The number of amides is 1. The Morgan fingerprint density at radius 1 is 0.968 bits per heavy atom. The lowest BCUT2D eigenvalue weighted by Crippen LogP contribution is -2.42. The molecule has 31 heavy (non-hydrogen) atoms. The number of nitrogens with zero attached hydrogens (tertiary/aromatic N) is 1. The minimum Gasteiger partial charge on any atom is -0.354 e. The second kappa shape index (κ2) is 9.75. The van der Waals surface area contributed by atoms with Gasteiger partial charge in [-0.1, -0.05) is 67.1 Å². The molecular formula is C24H25FN2O3S. The van der Waals surface area contributed by atoms with Crippen molar-refractivity contribution in [1.29, 1.82) is 0 Å². The molecule has 0 unspecified atom stereocenters. The van der Waals surface area contributed by atoms with Crippen LogP contribution in [0.2, 0.25) is 0 Å². The first-order valence-corrected chi connectivity index (χ1v) is 11.4.